The Kier molecular flexibility index (Phi) is 6.44. The van der Waals surface area contributed by atoms with Crippen molar-refractivity contribution < 1.29 is 14.3 Å². The van der Waals surface area contributed by atoms with E-state index in [4.69, 9.17) is 21.1 Å². The molecule has 23 heavy (non-hydrogen) atoms. The Balaban J connectivity index is 1.87. The predicted octanol–water partition coefficient (Wildman–Crippen LogP) is 3.64. The molecule has 0 heterocycles. The van der Waals surface area contributed by atoms with Gasteiger partial charge in [-0.3, -0.25) is 4.79 Å². The molecular weight excluding hydrogens is 314 g/mol. The second-order valence-corrected chi connectivity index (χ2v) is 5.60. The number of rotatable bonds is 7. The molecule has 122 valence electrons. The van der Waals surface area contributed by atoms with Gasteiger partial charge in [-0.2, -0.15) is 0 Å². The van der Waals surface area contributed by atoms with Crippen LogP contribution in [0.2, 0.25) is 5.02 Å². The van der Waals surface area contributed by atoms with Crippen molar-refractivity contribution in [2.45, 2.75) is 6.61 Å². The average molecular weight is 334 g/mol. The number of likely N-dealkylation sites (N-methyl/N-ethyl adjacent to an activating group) is 1. The molecule has 0 N–H and O–H groups in total. The second kappa shape index (κ2) is 8.56. The summed E-state index contributed by atoms with van der Waals surface area (Å²) in [6, 6.07) is 14.6. The van der Waals surface area contributed by atoms with Crippen molar-refractivity contribution in [2.75, 3.05) is 27.3 Å². The third kappa shape index (κ3) is 5.27. The lowest BCUT2D eigenvalue weighted by Gasteiger charge is -2.18. The van der Waals surface area contributed by atoms with E-state index in [1.165, 1.54) is 0 Å². The highest BCUT2D eigenvalue weighted by molar-refractivity contribution is 6.30. The Morgan fingerprint density at radius 2 is 1.91 bits per heavy atom. The lowest BCUT2D eigenvalue weighted by Crippen LogP contribution is -2.30. The van der Waals surface area contributed by atoms with E-state index in [2.05, 4.69) is 0 Å². The number of ether oxygens (including phenoxy) is 2. The minimum absolute atomic E-state index is 0.0392. The SMILES string of the molecule is COCc1cccc(C(=O)N(C)CCOc2ccc(Cl)cc2)c1. The molecule has 0 fully saturated rings. The van der Waals surface area contributed by atoms with Gasteiger partial charge >= 0.3 is 0 Å². The predicted molar refractivity (Wildman–Crippen MR) is 91.1 cm³/mol. The maximum Gasteiger partial charge on any atom is 0.253 e. The highest BCUT2D eigenvalue weighted by atomic mass is 35.5. The van der Waals surface area contributed by atoms with Gasteiger partial charge in [0.25, 0.3) is 5.91 Å². The number of benzene rings is 2. The molecule has 4 nitrogen and oxygen atoms in total. The molecule has 0 aromatic heterocycles. The van der Waals surface area contributed by atoms with E-state index in [0.717, 1.165) is 11.3 Å². The van der Waals surface area contributed by atoms with Gasteiger partial charge in [0, 0.05) is 24.7 Å². The number of amides is 1. The topological polar surface area (TPSA) is 38.8 Å². The summed E-state index contributed by atoms with van der Waals surface area (Å²) in [5.74, 6) is 0.694. The van der Waals surface area contributed by atoms with Gasteiger partial charge in [0.05, 0.1) is 13.2 Å². The van der Waals surface area contributed by atoms with E-state index in [9.17, 15) is 4.79 Å². The summed E-state index contributed by atoms with van der Waals surface area (Å²) in [6.07, 6.45) is 0. The van der Waals surface area contributed by atoms with Crippen molar-refractivity contribution in [1.29, 1.82) is 0 Å². The normalized spacial score (nSPS) is 10.4. The van der Waals surface area contributed by atoms with Crippen LogP contribution in [-0.2, 0) is 11.3 Å². The molecule has 0 atom stereocenters. The largest absolute Gasteiger partial charge is 0.492 e. The quantitative estimate of drug-likeness (QED) is 0.776. The number of hydrogen-bond acceptors (Lipinski definition) is 3. The van der Waals surface area contributed by atoms with Crippen LogP contribution in [0.3, 0.4) is 0 Å². The Labute approximate surface area is 141 Å². The molecule has 0 saturated carbocycles. The van der Waals surface area contributed by atoms with Gasteiger partial charge in [-0.25, -0.2) is 0 Å². The van der Waals surface area contributed by atoms with Crippen LogP contribution < -0.4 is 4.74 Å². The number of carbonyl (C=O) groups is 1. The third-order valence-corrected chi connectivity index (χ3v) is 3.59. The smallest absolute Gasteiger partial charge is 0.253 e. The van der Waals surface area contributed by atoms with E-state index in [1.807, 2.05) is 18.2 Å². The number of hydrogen-bond donors (Lipinski definition) is 0. The fourth-order valence-electron chi connectivity index (χ4n) is 2.11. The van der Waals surface area contributed by atoms with Crippen LogP contribution >= 0.6 is 11.6 Å². The monoisotopic (exact) mass is 333 g/mol. The standard InChI is InChI=1S/C18H20ClNO3/c1-20(10-11-23-17-8-6-16(19)7-9-17)18(21)15-5-3-4-14(12-15)13-22-2/h3-9,12H,10-11,13H2,1-2H3. The summed E-state index contributed by atoms with van der Waals surface area (Å²) < 4.78 is 10.7. The first-order chi connectivity index (χ1) is 11.1. The van der Waals surface area contributed by atoms with Gasteiger partial charge in [0.2, 0.25) is 0 Å². The fourth-order valence-corrected chi connectivity index (χ4v) is 2.24. The summed E-state index contributed by atoms with van der Waals surface area (Å²) in [5, 5.41) is 0.667. The van der Waals surface area contributed by atoms with E-state index in [1.54, 1.807) is 49.4 Å². The van der Waals surface area contributed by atoms with Crippen LogP contribution in [0, 0.1) is 0 Å². The molecule has 0 aliphatic heterocycles. The zero-order chi connectivity index (χ0) is 16.7. The van der Waals surface area contributed by atoms with E-state index < -0.39 is 0 Å². The van der Waals surface area contributed by atoms with Gasteiger partial charge in [-0.1, -0.05) is 23.7 Å². The molecule has 0 spiro atoms. The van der Waals surface area contributed by atoms with E-state index in [0.29, 0.717) is 30.3 Å². The lowest BCUT2D eigenvalue weighted by atomic mass is 10.1. The maximum absolute atomic E-state index is 12.4. The number of nitrogens with zero attached hydrogens (tertiary/aromatic N) is 1. The summed E-state index contributed by atoms with van der Waals surface area (Å²) in [5.41, 5.74) is 1.62. The van der Waals surface area contributed by atoms with Crippen molar-refractivity contribution in [1.82, 2.24) is 4.90 Å². The second-order valence-electron chi connectivity index (χ2n) is 5.16. The average Bonchev–Trinajstić information content (AvgIpc) is 2.56. The lowest BCUT2D eigenvalue weighted by molar-refractivity contribution is 0.0773. The van der Waals surface area contributed by atoms with Gasteiger partial charge in [-0.05, 0) is 42.0 Å². The number of halogens is 1. The van der Waals surface area contributed by atoms with E-state index in [-0.39, 0.29) is 5.91 Å². The fraction of sp³-hybridized carbons (Fsp3) is 0.278. The van der Waals surface area contributed by atoms with Gasteiger partial charge < -0.3 is 14.4 Å². The van der Waals surface area contributed by atoms with Crippen LogP contribution in [0.1, 0.15) is 15.9 Å². The van der Waals surface area contributed by atoms with Crippen LogP contribution in [0.5, 0.6) is 5.75 Å². The van der Waals surface area contributed by atoms with Crippen molar-refractivity contribution in [3.8, 4) is 5.75 Å². The Hall–Kier alpha value is -2.04. The first-order valence-corrected chi connectivity index (χ1v) is 7.69. The van der Waals surface area contributed by atoms with Crippen molar-refractivity contribution in [3.63, 3.8) is 0 Å². The van der Waals surface area contributed by atoms with Gasteiger partial charge in [0.1, 0.15) is 12.4 Å². The highest BCUT2D eigenvalue weighted by Crippen LogP contribution is 2.15. The maximum atomic E-state index is 12.4. The first-order valence-electron chi connectivity index (χ1n) is 7.32. The zero-order valence-electron chi connectivity index (χ0n) is 13.3. The molecule has 2 aromatic carbocycles. The summed E-state index contributed by atoms with van der Waals surface area (Å²) in [7, 11) is 3.39. The molecule has 0 aliphatic rings. The first kappa shape index (κ1) is 17.3. The molecule has 0 bridgehead atoms. The molecule has 0 aliphatic carbocycles. The van der Waals surface area contributed by atoms with Crippen molar-refractivity contribution in [2.24, 2.45) is 0 Å². The summed E-state index contributed by atoms with van der Waals surface area (Å²) in [4.78, 5) is 14.0. The molecular formula is C18H20ClNO3. The zero-order valence-corrected chi connectivity index (χ0v) is 14.0. The molecule has 2 aromatic rings. The number of methoxy groups -OCH3 is 1. The Morgan fingerprint density at radius 1 is 1.17 bits per heavy atom. The van der Waals surface area contributed by atoms with Gasteiger partial charge in [-0.15, -0.1) is 0 Å². The van der Waals surface area contributed by atoms with E-state index >= 15 is 0 Å². The number of carbonyl (C=O) groups excluding carboxylic acids is 1. The molecule has 2 rings (SSSR count). The minimum Gasteiger partial charge on any atom is -0.492 e. The molecule has 1 amide bonds. The third-order valence-electron chi connectivity index (χ3n) is 3.34. The van der Waals surface area contributed by atoms with Crippen molar-refractivity contribution >= 4 is 17.5 Å². The molecule has 0 saturated heterocycles. The minimum atomic E-state index is -0.0392. The van der Waals surface area contributed by atoms with Crippen LogP contribution in [-0.4, -0.2) is 38.1 Å². The summed E-state index contributed by atoms with van der Waals surface area (Å²) >= 11 is 5.82. The molecule has 5 heteroatoms. The highest BCUT2D eigenvalue weighted by Gasteiger charge is 2.12. The van der Waals surface area contributed by atoms with Crippen LogP contribution in [0.25, 0.3) is 0 Å². The van der Waals surface area contributed by atoms with Gasteiger partial charge in [0.15, 0.2) is 0 Å². The van der Waals surface area contributed by atoms with Crippen LogP contribution in [0.4, 0.5) is 0 Å². The Morgan fingerprint density at radius 3 is 2.61 bits per heavy atom. The molecule has 0 unspecified atom stereocenters. The molecule has 0 radical (unpaired) electrons. The van der Waals surface area contributed by atoms with Crippen molar-refractivity contribution in [3.05, 3.63) is 64.7 Å². The van der Waals surface area contributed by atoms with Crippen LogP contribution in [0.15, 0.2) is 48.5 Å². The summed E-state index contributed by atoms with van der Waals surface area (Å²) in [6.45, 7) is 1.40. The Bertz CT molecular complexity index is 643.